The molecule has 1 aromatic carbocycles. The number of halogens is 4. The molecule has 1 aromatic rings. The van der Waals surface area contributed by atoms with E-state index in [9.17, 15) is 18.0 Å². The number of anilines is 1. The Hall–Kier alpha value is -1.27. The molecule has 20 heavy (non-hydrogen) atoms. The Labute approximate surface area is 120 Å². The molecule has 0 saturated carbocycles. The van der Waals surface area contributed by atoms with Crippen LogP contribution in [-0.4, -0.2) is 18.5 Å². The van der Waals surface area contributed by atoms with Crippen molar-refractivity contribution in [1.29, 1.82) is 0 Å². The average molecular weight is 309 g/mol. The molecule has 2 N–H and O–H groups in total. The maximum atomic E-state index is 12.8. The van der Waals surface area contributed by atoms with Gasteiger partial charge in [-0.05, 0) is 31.7 Å². The van der Waals surface area contributed by atoms with Gasteiger partial charge in [-0.1, -0.05) is 18.5 Å². The van der Waals surface area contributed by atoms with Crippen molar-refractivity contribution in [1.82, 2.24) is 5.32 Å². The molecule has 7 heteroatoms. The lowest BCUT2D eigenvalue weighted by Crippen LogP contribution is -2.30. The zero-order chi connectivity index (χ0) is 15.3. The lowest BCUT2D eigenvalue weighted by molar-refractivity contribution is -0.137. The third kappa shape index (κ3) is 5.02. The number of hydrogen-bond donors (Lipinski definition) is 2. The van der Waals surface area contributed by atoms with E-state index in [1.165, 1.54) is 6.07 Å². The van der Waals surface area contributed by atoms with Gasteiger partial charge in [0, 0.05) is 17.5 Å². The van der Waals surface area contributed by atoms with E-state index in [0.29, 0.717) is 6.54 Å². The van der Waals surface area contributed by atoms with Gasteiger partial charge in [0.15, 0.2) is 0 Å². The van der Waals surface area contributed by atoms with Crippen LogP contribution in [-0.2, 0) is 11.0 Å². The van der Waals surface area contributed by atoms with E-state index in [2.05, 4.69) is 10.6 Å². The molecule has 0 fully saturated rings. The number of benzene rings is 1. The lowest BCUT2D eigenvalue weighted by atomic mass is 10.1. The molecular formula is C13H16ClF3N2O. The minimum absolute atomic E-state index is 0.0312. The van der Waals surface area contributed by atoms with Gasteiger partial charge in [-0.25, -0.2) is 0 Å². The number of carbonyl (C=O) groups excluding carboxylic acids is 1. The Morgan fingerprint density at radius 2 is 2.05 bits per heavy atom. The minimum atomic E-state index is -4.57. The van der Waals surface area contributed by atoms with Crippen molar-refractivity contribution < 1.29 is 18.0 Å². The molecule has 112 valence electrons. The molecule has 1 unspecified atom stereocenters. The monoisotopic (exact) mass is 308 g/mol. The molecule has 1 rings (SSSR count). The van der Waals surface area contributed by atoms with E-state index in [4.69, 9.17) is 11.6 Å². The number of amides is 1. The number of carbonyl (C=O) groups is 1. The van der Waals surface area contributed by atoms with Crippen molar-refractivity contribution >= 4 is 23.2 Å². The highest BCUT2D eigenvalue weighted by Crippen LogP contribution is 2.36. The van der Waals surface area contributed by atoms with Crippen molar-refractivity contribution in [3.8, 4) is 0 Å². The van der Waals surface area contributed by atoms with Gasteiger partial charge in [-0.15, -0.1) is 0 Å². The van der Waals surface area contributed by atoms with E-state index < -0.39 is 17.6 Å². The fourth-order valence-electron chi connectivity index (χ4n) is 1.76. The molecule has 1 amide bonds. The van der Waals surface area contributed by atoms with E-state index in [-0.39, 0.29) is 23.2 Å². The van der Waals surface area contributed by atoms with E-state index >= 15 is 0 Å². The number of nitrogens with one attached hydrogen (secondary N) is 2. The Balaban J connectivity index is 2.85. The fraction of sp³-hybridized carbons (Fsp3) is 0.462. The summed E-state index contributed by atoms with van der Waals surface area (Å²) in [5.74, 6) is -0.480. The molecule has 0 aliphatic rings. The summed E-state index contributed by atoms with van der Waals surface area (Å²) in [7, 11) is 0. The molecule has 1 atom stereocenters. The topological polar surface area (TPSA) is 41.1 Å². The summed E-state index contributed by atoms with van der Waals surface area (Å²) in [6, 6.07) is 3.15. The quantitative estimate of drug-likeness (QED) is 0.871. The molecule has 0 bridgehead atoms. The predicted molar refractivity (Wildman–Crippen MR) is 72.8 cm³/mol. The largest absolute Gasteiger partial charge is 0.418 e. The van der Waals surface area contributed by atoms with Gasteiger partial charge >= 0.3 is 6.18 Å². The first-order valence-corrected chi connectivity index (χ1v) is 6.51. The van der Waals surface area contributed by atoms with Gasteiger partial charge in [0.1, 0.15) is 0 Å². The third-order valence-corrected chi connectivity index (χ3v) is 2.84. The van der Waals surface area contributed by atoms with Crippen molar-refractivity contribution in [2.75, 3.05) is 11.9 Å². The third-order valence-electron chi connectivity index (χ3n) is 2.61. The normalized spacial score (nSPS) is 13.1. The highest BCUT2D eigenvalue weighted by molar-refractivity contribution is 6.30. The van der Waals surface area contributed by atoms with Gasteiger partial charge < -0.3 is 10.6 Å². The second kappa shape index (κ2) is 6.95. The molecule has 0 spiro atoms. The van der Waals surface area contributed by atoms with Gasteiger partial charge in [0.05, 0.1) is 11.3 Å². The standard InChI is InChI=1S/C13H16ClF3N2O/c1-3-18-8(2)6-12(20)19-11-5-4-9(14)7-10(11)13(15,16)17/h4-5,7-8,18H,3,6H2,1-2H3,(H,19,20). The number of hydrogen-bond acceptors (Lipinski definition) is 2. The average Bonchev–Trinajstić information content (AvgIpc) is 2.30. The molecule has 0 aliphatic heterocycles. The molecule has 0 saturated heterocycles. The van der Waals surface area contributed by atoms with Gasteiger partial charge in [-0.2, -0.15) is 13.2 Å². The molecule has 0 heterocycles. The lowest BCUT2D eigenvalue weighted by Gasteiger charge is -2.16. The maximum absolute atomic E-state index is 12.8. The highest BCUT2D eigenvalue weighted by Gasteiger charge is 2.34. The van der Waals surface area contributed by atoms with Crippen LogP contribution in [0.1, 0.15) is 25.8 Å². The van der Waals surface area contributed by atoms with Crippen LogP contribution in [0.5, 0.6) is 0 Å². The predicted octanol–water partition coefficient (Wildman–Crippen LogP) is 3.69. The zero-order valence-electron chi connectivity index (χ0n) is 11.1. The van der Waals surface area contributed by atoms with Gasteiger partial charge in [-0.3, -0.25) is 4.79 Å². The second-order valence-corrected chi connectivity index (χ2v) is 4.84. The maximum Gasteiger partial charge on any atom is 0.418 e. The summed E-state index contributed by atoms with van der Waals surface area (Å²) in [5.41, 5.74) is -1.23. The van der Waals surface area contributed by atoms with E-state index in [0.717, 1.165) is 12.1 Å². The first-order valence-electron chi connectivity index (χ1n) is 6.14. The van der Waals surface area contributed by atoms with E-state index in [1.54, 1.807) is 6.92 Å². The van der Waals surface area contributed by atoms with Crippen LogP contribution in [0.25, 0.3) is 0 Å². The molecule has 0 radical (unpaired) electrons. The van der Waals surface area contributed by atoms with Crippen LogP contribution in [0.4, 0.5) is 18.9 Å². The van der Waals surface area contributed by atoms with Crippen molar-refractivity contribution in [2.45, 2.75) is 32.5 Å². The van der Waals surface area contributed by atoms with Crippen LogP contribution < -0.4 is 10.6 Å². The van der Waals surface area contributed by atoms with Crippen LogP contribution >= 0.6 is 11.6 Å². The Kier molecular flexibility index (Phi) is 5.83. The van der Waals surface area contributed by atoms with Gasteiger partial charge in [0.25, 0.3) is 0 Å². The first-order chi connectivity index (χ1) is 9.24. The summed E-state index contributed by atoms with van der Waals surface area (Å²) >= 11 is 5.56. The van der Waals surface area contributed by atoms with Crippen LogP contribution in [0.3, 0.4) is 0 Å². The summed E-state index contributed by atoms with van der Waals surface area (Å²) in [5, 5.41) is 5.26. The Morgan fingerprint density at radius 1 is 1.40 bits per heavy atom. The van der Waals surface area contributed by atoms with Crippen LogP contribution in [0.15, 0.2) is 18.2 Å². The summed E-state index contributed by atoms with van der Waals surface area (Å²) in [4.78, 5) is 11.7. The Bertz CT molecular complexity index is 477. The molecule has 0 aromatic heterocycles. The molecule has 0 aliphatic carbocycles. The second-order valence-electron chi connectivity index (χ2n) is 4.40. The fourth-order valence-corrected chi connectivity index (χ4v) is 1.93. The molecular weight excluding hydrogens is 293 g/mol. The smallest absolute Gasteiger partial charge is 0.325 e. The first kappa shape index (κ1) is 16.8. The zero-order valence-corrected chi connectivity index (χ0v) is 11.9. The summed E-state index contributed by atoms with van der Waals surface area (Å²) < 4.78 is 38.5. The van der Waals surface area contributed by atoms with E-state index in [1.807, 2.05) is 6.92 Å². The minimum Gasteiger partial charge on any atom is -0.325 e. The molecule has 3 nitrogen and oxygen atoms in total. The SMILES string of the molecule is CCNC(C)CC(=O)Nc1ccc(Cl)cc1C(F)(F)F. The van der Waals surface area contributed by atoms with Crippen molar-refractivity contribution in [3.63, 3.8) is 0 Å². The van der Waals surface area contributed by atoms with Crippen LogP contribution in [0, 0.1) is 0 Å². The number of alkyl halides is 3. The summed E-state index contributed by atoms with van der Waals surface area (Å²) in [6.45, 7) is 4.36. The number of rotatable bonds is 5. The highest BCUT2D eigenvalue weighted by atomic mass is 35.5. The Morgan fingerprint density at radius 3 is 2.60 bits per heavy atom. The van der Waals surface area contributed by atoms with Crippen LogP contribution in [0.2, 0.25) is 5.02 Å². The van der Waals surface area contributed by atoms with Gasteiger partial charge in [0.2, 0.25) is 5.91 Å². The van der Waals surface area contributed by atoms with Crippen molar-refractivity contribution in [3.05, 3.63) is 28.8 Å². The van der Waals surface area contributed by atoms with Crippen molar-refractivity contribution in [2.24, 2.45) is 0 Å². The summed E-state index contributed by atoms with van der Waals surface area (Å²) in [6.07, 6.45) is -4.48.